The molecular formula is C13H20N2. The van der Waals surface area contributed by atoms with Crippen molar-refractivity contribution in [2.24, 2.45) is 5.92 Å². The molecule has 1 fully saturated rings. The van der Waals surface area contributed by atoms with Gasteiger partial charge in [0, 0.05) is 17.8 Å². The van der Waals surface area contributed by atoms with Crippen LogP contribution in [0.2, 0.25) is 0 Å². The van der Waals surface area contributed by atoms with Gasteiger partial charge in [-0.15, -0.1) is 0 Å². The van der Waals surface area contributed by atoms with Gasteiger partial charge in [0.1, 0.15) is 6.33 Å². The van der Waals surface area contributed by atoms with Gasteiger partial charge in [0.15, 0.2) is 0 Å². The first kappa shape index (κ1) is 10.6. The monoisotopic (exact) mass is 204 g/mol. The van der Waals surface area contributed by atoms with Crippen LogP contribution in [0.5, 0.6) is 0 Å². The molecule has 0 amide bonds. The van der Waals surface area contributed by atoms with Crippen molar-refractivity contribution in [2.45, 2.75) is 51.4 Å². The van der Waals surface area contributed by atoms with E-state index in [2.05, 4.69) is 23.0 Å². The molecular weight excluding hydrogens is 184 g/mol. The van der Waals surface area contributed by atoms with Crippen molar-refractivity contribution in [3.63, 3.8) is 0 Å². The molecule has 82 valence electrons. The van der Waals surface area contributed by atoms with Gasteiger partial charge in [0.25, 0.3) is 0 Å². The molecule has 2 nitrogen and oxygen atoms in total. The molecule has 1 heterocycles. The number of nitrogens with zero attached hydrogens (tertiary/aromatic N) is 2. The summed E-state index contributed by atoms with van der Waals surface area (Å²) in [5.41, 5.74) is 1.25. The summed E-state index contributed by atoms with van der Waals surface area (Å²) in [6.45, 7) is 2.29. The fraction of sp³-hybridized carbons (Fsp3) is 0.692. The highest BCUT2D eigenvalue weighted by molar-refractivity contribution is 5.06. The average molecular weight is 204 g/mol. The summed E-state index contributed by atoms with van der Waals surface area (Å²) < 4.78 is 0. The standard InChI is InChI=1S/C13H20N2/c1-2-3-11-4-6-12(7-5-11)13-8-9-14-10-15-13/h8-12H,2-7H2,1H3. The minimum absolute atomic E-state index is 0.695. The Morgan fingerprint density at radius 2 is 2.07 bits per heavy atom. The Morgan fingerprint density at radius 1 is 1.27 bits per heavy atom. The number of rotatable bonds is 3. The summed E-state index contributed by atoms with van der Waals surface area (Å²) in [6, 6.07) is 2.07. The highest BCUT2D eigenvalue weighted by Gasteiger charge is 2.22. The maximum Gasteiger partial charge on any atom is 0.115 e. The van der Waals surface area contributed by atoms with Crippen LogP contribution in [0.25, 0.3) is 0 Å². The Kier molecular flexibility index (Phi) is 3.70. The number of aromatic nitrogens is 2. The molecule has 2 heteroatoms. The topological polar surface area (TPSA) is 25.8 Å². The highest BCUT2D eigenvalue weighted by Crippen LogP contribution is 2.36. The van der Waals surface area contributed by atoms with E-state index in [4.69, 9.17) is 0 Å². The van der Waals surface area contributed by atoms with Crippen molar-refractivity contribution in [2.75, 3.05) is 0 Å². The molecule has 0 N–H and O–H groups in total. The van der Waals surface area contributed by atoms with Crippen LogP contribution in [0, 0.1) is 5.92 Å². The normalized spacial score (nSPS) is 26.5. The van der Waals surface area contributed by atoms with Crippen LogP contribution in [0.4, 0.5) is 0 Å². The Hall–Kier alpha value is -0.920. The molecule has 0 atom stereocenters. The number of hydrogen-bond donors (Lipinski definition) is 0. The molecule has 0 radical (unpaired) electrons. The van der Waals surface area contributed by atoms with Crippen molar-refractivity contribution in [3.8, 4) is 0 Å². The minimum atomic E-state index is 0.695. The summed E-state index contributed by atoms with van der Waals surface area (Å²) in [6.07, 6.45) is 11.7. The summed E-state index contributed by atoms with van der Waals surface area (Å²) in [5, 5.41) is 0. The van der Waals surface area contributed by atoms with Crippen LogP contribution >= 0.6 is 0 Å². The first-order valence-corrected chi connectivity index (χ1v) is 6.16. The zero-order valence-corrected chi connectivity index (χ0v) is 9.52. The van der Waals surface area contributed by atoms with Gasteiger partial charge in [-0.1, -0.05) is 19.8 Å². The Labute approximate surface area is 92.1 Å². The van der Waals surface area contributed by atoms with Crippen molar-refractivity contribution < 1.29 is 0 Å². The van der Waals surface area contributed by atoms with Gasteiger partial charge in [0.05, 0.1) is 0 Å². The van der Waals surface area contributed by atoms with Crippen molar-refractivity contribution >= 4 is 0 Å². The third kappa shape index (κ3) is 2.77. The largest absolute Gasteiger partial charge is 0.245 e. The summed E-state index contributed by atoms with van der Waals surface area (Å²) in [5.74, 6) is 1.68. The van der Waals surface area contributed by atoms with Crippen molar-refractivity contribution in [1.82, 2.24) is 9.97 Å². The van der Waals surface area contributed by atoms with E-state index >= 15 is 0 Å². The van der Waals surface area contributed by atoms with Gasteiger partial charge in [-0.25, -0.2) is 9.97 Å². The fourth-order valence-electron chi connectivity index (χ4n) is 2.70. The smallest absolute Gasteiger partial charge is 0.115 e. The van der Waals surface area contributed by atoms with E-state index in [0.29, 0.717) is 5.92 Å². The van der Waals surface area contributed by atoms with Crippen LogP contribution in [-0.2, 0) is 0 Å². The third-order valence-electron chi connectivity index (χ3n) is 3.57. The maximum atomic E-state index is 4.36. The number of hydrogen-bond acceptors (Lipinski definition) is 2. The molecule has 0 unspecified atom stereocenters. The molecule has 2 rings (SSSR count). The fourth-order valence-corrected chi connectivity index (χ4v) is 2.70. The Bertz CT molecular complexity index is 276. The lowest BCUT2D eigenvalue weighted by Crippen LogP contribution is -2.14. The van der Waals surface area contributed by atoms with Gasteiger partial charge >= 0.3 is 0 Å². The molecule has 1 saturated carbocycles. The SMILES string of the molecule is CCCC1CCC(c2ccncn2)CC1. The predicted octanol–water partition coefficient (Wildman–Crippen LogP) is 3.55. The molecule has 0 aliphatic heterocycles. The molecule has 1 aliphatic carbocycles. The van der Waals surface area contributed by atoms with Crippen LogP contribution in [0.1, 0.15) is 57.1 Å². The van der Waals surface area contributed by atoms with Gasteiger partial charge in [0.2, 0.25) is 0 Å². The van der Waals surface area contributed by atoms with Crippen LogP contribution in [0.15, 0.2) is 18.6 Å². The summed E-state index contributed by atoms with van der Waals surface area (Å²) in [7, 11) is 0. The molecule has 0 aromatic carbocycles. The second-order valence-corrected chi connectivity index (χ2v) is 4.64. The van der Waals surface area contributed by atoms with Crippen LogP contribution < -0.4 is 0 Å². The predicted molar refractivity (Wildman–Crippen MR) is 61.6 cm³/mol. The molecule has 0 spiro atoms. The van der Waals surface area contributed by atoms with Crippen LogP contribution in [-0.4, -0.2) is 9.97 Å². The zero-order valence-electron chi connectivity index (χ0n) is 9.52. The second-order valence-electron chi connectivity index (χ2n) is 4.64. The van der Waals surface area contributed by atoms with Crippen molar-refractivity contribution in [1.29, 1.82) is 0 Å². The lowest BCUT2D eigenvalue weighted by molar-refractivity contribution is 0.305. The van der Waals surface area contributed by atoms with Gasteiger partial charge in [-0.05, 0) is 37.7 Å². The van der Waals surface area contributed by atoms with E-state index in [1.165, 1.54) is 44.2 Å². The zero-order chi connectivity index (χ0) is 10.5. The lowest BCUT2D eigenvalue weighted by Gasteiger charge is -2.27. The van der Waals surface area contributed by atoms with Crippen molar-refractivity contribution in [3.05, 3.63) is 24.3 Å². The van der Waals surface area contributed by atoms with Gasteiger partial charge < -0.3 is 0 Å². The van der Waals surface area contributed by atoms with E-state index in [1.807, 2.05) is 6.20 Å². The maximum absolute atomic E-state index is 4.36. The first-order chi connectivity index (χ1) is 7.40. The molecule has 1 aromatic heterocycles. The molecule has 0 saturated heterocycles. The quantitative estimate of drug-likeness (QED) is 0.752. The Balaban J connectivity index is 1.88. The van der Waals surface area contributed by atoms with Gasteiger partial charge in [-0.3, -0.25) is 0 Å². The second kappa shape index (κ2) is 5.24. The summed E-state index contributed by atoms with van der Waals surface area (Å²) >= 11 is 0. The van der Waals surface area contributed by atoms with E-state index in [1.54, 1.807) is 6.33 Å². The lowest BCUT2D eigenvalue weighted by atomic mass is 9.79. The minimum Gasteiger partial charge on any atom is -0.245 e. The van der Waals surface area contributed by atoms with E-state index in [0.717, 1.165) is 5.92 Å². The molecule has 1 aromatic rings. The molecule has 0 bridgehead atoms. The molecule has 1 aliphatic rings. The summed E-state index contributed by atoms with van der Waals surface area (Å²) in [4.78, 5) is 8.34. The first-order valence-electron chi connectivity index (χ1n) is 6.16. The van der Waals surface area contributed by atoms with E-state index < -0.39 is 0 Å². The van der Waals surface area contributed by atoms with E-state index in [-0.39, 0.29) is 0 Å². The van der Waals surface area contributed by atoms with Gasteiger partial charge in [-0.2, -0.15) is 0 Å². The highest BCUT2D eigenvalue weighted by atomic mass is 14.8. The van der Waals surface area contributed by atoms with Crippen LogP contribution in [0.3, 0.4) is 0 Å². The van der Waals surface area contributed by atoms with E-state index in [9.17, 15) is 0 Å². The third-order valence-corrected chi connectivity index (χ3v) is 3.57. The average Bonchev–Trinajstić information content (AvgIpc) is 2.32. The molecule has 15 heavy (non-hydrogen) atoms. The Morgan fingerprint density at radius 3 is 2.67 bits per heavy atom.